The summed E-state index contributed by atoms with van der Waals surface area (Å²) in [7, 11) is -2.16. The summed E-state index contributed by atoms with van der Waals surface area (Å²) in [6.45, 7) is 6.32. The third-order valence-corrected chi connectivity index (χ3v) is 4.96. The predicted molar refractivity (Wildman–Crippen MR) is 89.9 cm³/mol. The molecule has 0 saturated heterocycles. The predicted octanol–water partition coefficient (Wildman–Crippen LogP) is 1.91. The molecule has 23 heavy (non-hydrogen) atoms. The molecule has 1 aromatic carbocycles. The zero-order chi connectivity index (χ0) is 17.5. The summed E-state index contributed by atoms with van der Waals surface area (Å²) < 4.78 is 32.6. The molecule has 6 nitrogen and oxygen atoms in total. The lowest BCUT2D eigenvalue weighted by Crippen LogP contribution is -2.42. The Hall–Kier alpha value is -1.60. The van der Waals surface area contributed by atoms with Crippen LogP contribution in [0.2, 0.25) is 0 Å². The highest BCUT2D eigenvalue weighted by molar-refractivity contribution is 7.89. The van der Waals surface area contributed by atoms with Crippen molar-refractivity contribution < 1.29 is 17.9 Å². The molecular weight excluding hydrogens is 316 g/mol. The maximum atomic E-state index is 12.5. The molecule has 0 spiro atoms. The molecule has 1 rings (SSSR count). The Labute approximate surface area is 138 Å². The molecule has 0 saturated carbocycles. The second kappa shape index (κ2) is 8.88. The van der Waals surface area contributed by atoms with Gasteiger partial charge in [-0.15, -0.1) is 0 Å². The van der Waals surface area contributed by atoms with Crippen LogP contribution in [0.4, 0.5) is 0 Å². The molecule has 1 atom stereocenters. The third-order valence-electron chi connectivity index (χ3n) is 3.46. The lowest BCUT2D eigenvalue weighted by Gasteiger charge is -2.22. The highest BCUT2D eigenvalue weighted by Gasteiger charge is 2.24. The summed E-state index contributed by atoms with van der Waals surface area (Å²) in [4.78, 5) is 12.0. The van der Waals surface area contributed by atoms with Gasteiger partial charge in [0, 0.05) is 19.0 Å². The van der Waals surface area contributed by atoms with Gasteiger partial charge in [-0.05, 0) is 36.6 Å². The van der Waals surface area contributed by atoms with Crippen molar-refractivity contribution in [2.45, 2.75) is 44.6 Å². The number of hydrogen-bond donors (Lipinski definition) is 2. The maximum absolute atomic E-state index is 12.5. The van der Waals surface area contributed by atoms with E-state index >= 15 is 0 Å². The first kappa shape index (κ1) is 19.4. The van der Waals surface area contributed by atoms with E-state index in [4.69, 9.17) is 4.74 Å². The van der Waals surface area contributed by atoms with Crippen LogP contribution in [-0.2, 0) is 14.8 Å². The minimum atomic E-state index is -3.68. The van der Waals surface area contributed by atoms with E-state index in [1.54, 1.807) is 12.1 Å². The molecule has 7 heteroatoms. The molecule has 0 bridgehead atoms. The second-order valence-corrected chi connectivity index (χ2v) is 7.42. The first-order valence-electron chi connectivity index (χ1n) is 7.73. The molecule has 0 aromatic heterocycles. The first-order valence-corrected chi connectivity index (χ1v) is 9.21. The van der Waals surface area contributed by atoms with Crippen molar-refractivity contribution >= 4 is 15.9 Å². The van der Waals surface area contributed by atoms with E-state index in [9.17, 15) is 13.2 Å². The van der Waals surface area contributed by atoms with Gasteiger partial charge in [0.05, 0.1) is 12.0 Å². The van der Waals surface area contributed by atoms with Gasteiger partial charge in [-0.25, -0.2) is 13.1 Å². The zero-order valence-electron chi connectivity index (χ0n) is 14.1. The number of hydrogen-bond acceptors (Lipinski definition) is 4. The number of sulfonamides is 1. The Morgan fingerprint density at radius 1 is 1.22 bits per heavy atom. The monoisotopic (exact) mass is 342 g/mol. The van der Waals surface area contributed by atoms with E-state index in [0.717, 1.165) is 6.42 Å². The molecule has 2 N–H and O–H groups in total. The summed E-state index contributed by atoms with van der Waals surface area (Å²) in [5.41, 5.74) is 0. The fourth-order valence-corrected chi connectivity index (χ4v) is 3.36. The van der Waals surface area contributed by atoms with Crippen LogP contribution in [0, 0.1) is 5.92 Å². The zero-order valence-corrected chi connectivity index (χ0v) is 14.9. The van der Waals surface area contributed by atoms with Crippen molar-refractivity contribution in [3.63, 3.8) is 0 Å². The number of methoxy groups -OCH3 is 1. The van der Waals surface area contributed by atoms with Crippen LogP contribution in [0.15, 0.2) is 29.2 Å². The highest BCUT2D eigenvalue weighted by Crippen LogP contribution is 2.17. The molecule has 0 radical (unpaired) electrons. The smallest absolute Gasteiger partial charge is 0.240 e. The lowest BCUT2D eigenvalue weighted by molar-refractivity contribution is -0.121. The number of rotatable bonds is 9. The molecular formula is C16H26N2O4S. The van der Waals surface area contributed by atoms with Gasteiger partial charge in [0.2, 0.25) is 15.9 Å². The minimum Gasteiger partial charge on any atom is -0.497 e. The molecule has 1 aromatic rings. The van der Waals surface area contributed by atoms with E-state index in [0.29, 0.717) is 12.3 Å². The summed E-state index contributed by atoms with van der Waals surface area (Å²) in [6.07, 6.45) is 0.961. The molecule has 0 aliphatic heterocycles. The Kier molecular flexibility index (Phi) is 7.51. The Morgan fingerprint density at radius 3 is 2.30 bits per heavy atom. The lowest BCUT2D eigenvalue weighted by atomic mass is 10.0. The molecule has 0 aliphatic carbocycles. The molecule has 130 valence electrons. The number of benzene rings is 1. The molecule has 0 aliphatic rings. The van der Waals surface area contributed by atoms with Gasteiger partial charge in [-0.2, -0.15) is 0 Å². The van der Waals surface area contributed by atoms with Crippen molar-refractivity contribution in [1.29, 1.82) is 0 Å². The molecule has 0 fully saturated rings. The van der Waals surface area contributed by atoms with Gasteiger partial charge in [0.15, 0.2) is 0 Å². The largest absolute Gasteiger partial charge is 0.497 e. The number of ether oxygens (including phenoxy) is 1. The topological polar surface area (TPSA) is 84.5 Å². The van der Waals surface area contributed by atoms with Crippen LogP contribution in [0.1, 0.15) is 33.6 Å². The molecule has 1 amide bonds. The SMILES string of the molecule is CCCNC(=O)C[C@H](NS(=O)(=O)c1ccc(OC)cc1)C(C)C. The van der Waals surface area contributed by atoms with E-state index in [1.165, 1.54) is 19.2 Å². The number of carbonyl (C=O) groups is 1. The normalized spacial score (nSPS) is 12.9. The molecule has 0 unspecified atom stereocenters. The van der Waals surface area contributed by atoms with Crippen LogP contribution in [-0.4, -0.2) is 34.0 Å². The number of nitrogens with one attached hydrogen (secondary N) is 2. The van der Waals surface area contributed by atoms with Crippen molar-refractivity contribution in [1.82, 2.24) is 10.0 Å². The van der Waals surface area contributed by atoms with Gasteiger partial charge in [0.25, 0.3) is 0 Å². The van der Waals surface area contributed by atoms with Crippen molar-refractivity contribution in [3.05, 3.63) is 24.3 Å². The van der Waals surface area contributed by atoms with Crippen LogP contribution in [0.5, 0.6) is 5.75 Å². The van der Waals surface area contributed by atoms with Gasteiger partial charge in [-0.1, -0.05) is 20.8 Å². The summed E-state index contributed by atoms with van der Waals surface area (Å²) in [5.74, 6) is 0.432. The summed E-state index contributed by atoms with van der Waals surface area (Å²) in [6, 6.07) is 5.68. The van der Waals surface area contributed by atoms with E-state index < -0.39 is 16.1 Å². The highest BCUT2D eigenvalue weighted by atomic mass is 32.2. The van der Waals surface area contributed by atoms with Crippen molar-refractivity contribution in [2.24, 2.45) is 5.92 Å². The standard InChI is InChI=1S/C16H26N2O4S/c1-5-10-17-16(19)11-15(12(2)3)18-23(20,21)14-8-6-13(22-4)7-9-14/h6-9,12,15,18H,5,10-11H2,1-4H3,(H,17,19)/t15-/m0/s1. The van der Waals surface area contributed by atoms with E-state index in [1.807, 2.05) is 20.8 Å². The molecule has 0 heterocycles. The van der Waals surface area contributed by atoms with Crippen LogP contribution in [0.3, 0.4) is 0 Å². The van der Waals surface area contributed by atoms with Crippen molar-refractivity contribution in [2.75, 3.05) is 13.7 Å². The Bertz CT molecular complexity index is 597. The van der Waals surface area contributed by atoms with Crippen LogP contribution in [0.25, 0.3) is 0 Å². The van der Waals surface area contributed by atoms with Crippen LogP contribution < -0.4 is 14.8 Å². The number of carbonyl (C=O) groups excluding carboxylic acids is 1. The van der Waals surface area contributed by atoms with Crippen molar-refractivity contribution in [3.8, 4) is 5.75 Å². The summed E-state index contributed by atoms with van der Waals surface area (Å²) in [5, 5.41) is 2.77. The third kappa shape index (κ3) is 6.19. The number of amides is 1. The Balaban J connectivity index is 2.82. The van der Waals surface area contributed by atoms with Gasteiger partial charge >= 0.3 is 0 Å². The van der Waals surface area contributed by atoms with E-state index in [2.05, 4.69) is 10.0 Å². The maximum Gasteiger partial charge on any atom is 0.240 e. The van der Waals surface area contributed by atoms with Gasteiger partial charge in [0.1, 0.15) is 5.75 Å². The second-order valence-electron chi connectivity index (χ2n) is 5.70. The van der Waals surface area contributed by atoms with Crippen LogP contribution >= 0.6 is 0 Å². The first-order chi connectivity index (χ1) is 10.8. The average molecular weight is 342 g/mol. The quantitative estimate of drug-likeness (QED) is 0.718. The fraction of sp³-hybridized carbons (Fsp3) is 0.562. The fourth-order valence-electron chi connectivity index (χ4n) is 1.97. The summed E-state index contributed by atoms with van der Waals surface area (Å²) >= 11 is 0. The van der Waals surface area contributed by atoms with E-state index in [-0.39, 0.29) is 23.1 Å². The Morgan fingerprint density at radius 2 is 1.83 bits per heavy atom. The van der Waals surface area contributed by atoms with Gasteiger partial charge in [-0.3, -0.25) is 4.79 Å². The van der Waals surface area contributed by atoms with Gasteiger partial charge < -0.3 is 10.1 Å². The minimum absolute atomic E-state index is 0.00426. The average Bonchev–Trinajstić information content (AvgIpc) is 2.52.